The van der Waals surface area contributed by atoms with Gasteiger partial charge in [0.15, 0.2) is 23.0 Å². The molecule has 5 heterocycles. The number of hydrogen-bond acceptors (Lipinski definition) is 1. The molecule has 1 spiro atoms. The molecule has 0 radical (unpaired) electrons. The number of pyridine rings is 1. The van der Waals surface area contributed by atoms with Gasteiger partial charge >= 0.3 is 11.7 Å². The molecule has 0 bridgehead atoms. The van der Waals surface area contributed by atoms with Gasteiger partial charge in [-0.15, -0.1) is 9.13 Å². The van der Waals surface area contributed by atoms with Crippen LogP contribution in [0.15, 0.2) is 127 Å². The first-order valence-electron chi connectivity index (χ1n) is 27.8. The molecule has 4 nitrogen and oxygen atoms in total. The number of benzene rings is 6. The topological polar surface area (TPSA) is 21.9 Å². The molecule has 6 aromatic carbocycles. The molecule has 69 heavy (non-hydrogen) atoms. The smallest absolute Gasteiger partial charge is 0.392 e. The minimum absolute atomic E-state index is 0.0205. The third kappa shape index (κ3) is 6.67. The van der Waals surface area contributed by atoms with Crippen LogP contribution in [-0.4, -0.2) is 4.57 Å². The highest BCUT2D eigenvalue weighted by atomic mass is 16.5. The minimum atomic E-state index is -1.30. The number of hydrogen-bond donors (Lipinski definition) is 0. The average molecular weight is 916 g/mol. The molecule has 1 atom stereocenters. The monoisotopic (exact) mass is 916 g/mol. The van der Waals surface area contributed by atoms with Gasteiger partial charge in [-0.05, 0) is 126 Å². The van der Waals surface area contributed by atoms with Crippen molar-refractivity contribution in [1.29, 1.82) is 0 Å². The third-order valence-electron chi connectivity index (χ3n) is 14.9. The first-order chi connectivity index (χ1) is 34.7. The summed E-state index contributed by atoms with van der Waals surface area (Å²) in [5.41, 5.74) is 15.9. The van der Waals surface area contributed by atoms with E-state index in [0.29, 0.717) is 11.1 Å². The first-order valence-corrected chi connectivity index (χ1v) is 24.8. The van der Waals surface area contributed by atoms with Crippen molar-refractivity contribution < 1.29 is 22.1 Å². The molecule has 350 valence electrons. The maximum absolute atomic E-state index is 9.45. The van der Waals surface area contributed by atoms with Crippen molar-refractivity contribution in [3.05, 3.63) is 166 Å². The molecule has 11 rings (SSSR count). The number of aromatic nitrogens is 3. The fraction of sp³-hybridized carbons (Fsp3) is 0.354. The van der Waals surface area contributed by atoms with E-state index in [0.717, 1.165) is 95.2 Å². The number of para-hydroxylation sites is 1. The van der Waals surface area contributed by atoms with E-state index in [1.54, 1.807) is 0 Å². The van der Waals surface area contributed by atoms with Gasteiger partial charge in [0.2, 0.25) is 5.69 Å². The molecule has 4 heteroatoms. The molecule has 0 N–H and O–H groups in total. The van der Waals surface area contributed by atoms with Crippen molar-refractivity contribution in [2.75, 3.05) is 0 Å². The predicted molar refractivity (Wildman–Crippen MR) is 287 cm³/mol. The Morgan fingerprint density at radius 2 is 1.14 bits per heavy atom. The van der Waals surface area contributed by atoms with Crippen LogP contribution in [-0.2, 0) is 27.5 Å². The Kier molecular flexibility index (Phi) is 8.32. The van der Waals surface area contributed by atoms with Gasteiger partial charge in [-0.25, -0.2) is 0 Å². The van der Waals surface area contributed by atoms with E-state index in [4.69, 9.17) is 4.74 Å². The standard InChI is InChI=1S/C65H71N3O/c1-38(2)47-19-17-20-48(39(3)4)56(47)41-25-29-46(30-26-41)67-54-22-18-21-49-50-34-44(62(8,9)10)35-51-55-33-42(40-23-27-43(28-24-40)61(5,6)7)31-32-66(55)65(57(50)51)68(58(49)54)60(67)52-36-45(63(11,12)13)37-53(59(52)69-65)64(14,15)16/h17-39H,1-16H3/q+2/i23D,24D,27D,28D,38D,39D. The fourth-order valence-corrected chi connectivity index (χ4v) is 11.1. The number of fused-ring (bicyclic) bond motifs is 5. The first kappa shape index (κ1) is 38.6. The molecule has 0 fully saturated rings. The molecule has 3 aliphatic heterocycles. The summed E-state index contributed by atoms with van der Waals surface area (Å²) in [4.78, 5) is 0. The molecular formula is C65H71N3O+2. The molecule has 1 unspecified atom stereocenters. The van der Waals surface area contributed by atoms with E-state index in [2.05, 4.69) is 149 Å². The van der Waals surface area contributed by atoms with E-state index in [-0.39, 0.29) is 46.0 Å². The van der Waals surface area contributed by atoms with Gasteiger partial charge in [-0.3, -0.25) is 0 Å². The fourth-order valence-electron chi connectivity index (χ4n) is 11.1. The van der Waals surface area contributed by atoms with Crippen molar-refractivity contribution >= 4 is 11.0 Å². The Bertz CT molecular complexity index is 3720. The van der Waals surface area contributed by atoms with E-state index >= 15 is 0 Å². The van der Waals surface area contributed by atoms with Gasteiger partial charge in [-0.2, -0.15) is 4.57 Å². The lowest BCUT2D eigenvalue weighted by Crippen LogP contribution is -2.78. The summed E-state index contributed by atoms with van der Waals surface area (Å²) in [7, 11) is 0. The highest BCUT2D eigenvalue weighted by molar-refractivity contribution is 5.98. The van der Waals surface area contributed by atoms with E-state index < -0.39 is 23.1 Å². The van der Waals surface area contributed by atoms with Crippen LogP contribution in [0.1, 0.15) is 170 Å². The molecule has 0 saturated carbocycles. The SMILES string of the molecule is [2H]c1c([2H])c(C(C)(C)C)c([2H])c([2H])c1-c1cc[n+]2c(c1)-c1cc(C(C)(C)C)cc3c1C21Oc2c(cc(C(C)(C)C)cc2C(C)(C)C)-c2n(-c4ccc(-c5c(C([2H])(C)C)cccc5C([2H])(C)C)cc4)c4cccc-3c4[n+]21. The van der Waals surface area contributed by atoms with E-state index in [1.165, 1.54) is 5.56 Å². The summed E-state index contributed by atoms with van der Waals surface area (Å²) in [5, 5.41) is 0. The summed E-state index contributed by atoms with van der Waals surface area (Å²) in [5.74, 6) is -1.35. The molecule has 3 aliphatic rings. The van der Waals surface area contributed by atoms with Crippen LogP contribution < -0.4 is 13.9 Å². The number of nitrogens with zero attached hydrogens (tertiary/aromatic N) is 3. The van der Waals surface area contributed by atoms with Crippen LogP contribution in [0.25, 0.3) is 72.7 Å². The highest BCUT2D eigenvalue weighted by Crippen LogP contribution is 2.56. The summed E-state index contributed by atoms with van der Waals surface area (Å²) < 4.78 is 71.0. The maximum Gasteiger partial charge on any atom is 0.499 e. The molecule has 0 saturated heterocycles. The number of rotatable bonds is 5. The lowest BCUT2D eigenvalue weighted by atomic mass is 9.78. The average Bonchev–Trinajstić information content (AvgIpc) is 4.04. The number of imidazole rings is 1. The van der Waals surface area contributed by atoms with Crippen molar-refractivity contribution in [1.82, 2.24) is 4.57 Å². The highest BCUT2D eigenvalue weighted by Gasteiger charge is 2.69. The van der Waals surface area contributed by atoms with Gasteiger partial charge in [0, 0.05) is 31.6 Å². The number of ether oxygens (including phenoxy) is 1. The largest absolute Gasteiger partial charge is 0.499 e. The lowest BCUT2D eigenvalue weighted by molar-refractivity contribution is -0.997. The zero-order valence-corrected chi connectivity index (χ0v) is 43.6. The second-order valence-corrected chi connectivity index (χ2v) is 24.4. The van der Waals surface area contributed by atoms with Gasteiger partial charge < -0.3 is 4.74 Å². The Balaban J connectivity index is 1.28. The van der Waals surface area contributed by atoms with Gasteiger partial charge in [-0.1, -0.05) is 177 Å². The second-order valence-electron chi connectivity index (χ2n) is 24.4. The van der Waals surface area contributed by atoms with E-state index in [9.17, 15) is 8.22 Å². The molecule has 2 aromatic heterocycles. The summed E-state index contributed by atoms with van der Waals surface area (Å²) in [6.45, 7) is 33.8. The molecule has 8 aromatic rings. The van der Waals surface area contributed by atoms with Crippen molar-refractivity contribution in [3.8, 4) is 67.5 Å². The minimum Gasteiger partial charge on any atom is -0.392 e. The van der Waals surface area contributed by atoms with Crippen LogP contribution in [0.4, 0.5) is 0 Å². The van der Waals surface area contributed by atoms with Crippen molar-refractivity contribution in [2.24, 2.45) is 0 Å². The Morgan fingerprint density at radius 1 is 0.565 bits per heavy atom. The van der Waals surface area contributed by atoms with Crippen LogP contribution in [0.2, 0.25) is 0 Å². The third-order valence-corrected chi connectivity index (χ3v) is 14.9. The Morgan fingerprint density at radius 3 is 1.74 bits per heavy atom. The van der Waals surface area contributed by atoms with Crippen LogP contribution in [0.3, 0.4) is 0 Å². The Labute approximate surface area is 420 Å². The quantitative estimate of drug-likeness (QED) is 0.158. The predicted octanol–water partition coefficient (Wildman–Crippen LogP) is 16.2. The van der Waals surface area contributed by atoms with Gasteiger partial charge in [0.05, 0.1) is 11.0 Å². The van der Waals surface area contributed by atoms with Crippen LogP contribution in [0, 0.1) is 0 Å². The summed E-state index contributed by atoms with van der Waals surface area (Å²) in [6.07, 6.45) is 2.04. The molecule has 0 amide bonds. The molecular weight excluding hydrogens is 839 g/mol. The maximum atomic E-state index is 9.45. The van der Waals surface area contributed by atoms with Crippen molar-refractivity contribution in [2.45, 2.75) is 150 Å². The normalized spacial score (nSPS) is 17.5. The van der Waals surface area contributed by atoms with Crippen molar-refractivity contribution in [3.63, 3.8) is 0 Å². The summed E-state index contributed by atoms with van der Waals surface area (Å²) >= 11 is 0. The second kappa shape index (κ2) is 14.9. The zero-order chi connectivity index (χ0) is 54.4. The zero-order valence-electron chi connectivity index (χ0n) is 49.6. The van der Waals surface area contributed by atoms with E-state index in [1.807, 2.05) is 78.9 Å². The lowest BCUT2D eigenvalue weighted by Gasteiger charge is -2.36. The molecule has 0 aliphatic carbocycles. The Hall–Kier alpha value is -6.26. The van der Waals surface area contributed by atoms with Gasteiger partial charge in [0.25, 0.3) is 0 Å². The van der Waals surface area contributed by atoms with Crippen LogP contribution in [0.5, 0.6) is 5.75 Å². The van der Waals surface area contributed by atoms with Crippen LogP contribution >= 0.6 is 0 Å². The summed E-state index contributed by atoms with van der Waals surface area (Å²) in [6, 6.07) is 34.5. The van der Waals surface area contributed by atoms with Gasteiger partial charge in [0.1, 0.15) is 16.8 Å².